The van der Waals surface area contributed by atoms with Crippen LogP contribution in [0.3, 0.4) is 0 Å². The number of hydrogen-bond donors (Lipinski definition) is 2. The van der Waals surface area contributed by atoms with Gasteiger partial charge in [0.15, 0.2) is 0 Å². The Morgan fingerprint density at radius 3 is 2.72 bits per heavy atom. The Morgan fingerprint density at radius 1 is 1.10 bits per heavy atom. The van der Waals surface area contributed by atoms with E-state index < -0.39 is 0 Å². The van der Waals surface area contributed by atoms with Crippen molar-refractivity contribution in [2.24, 2.45) is 5.10 Å². The normalized spacial score (nSPS) is 14.9. The van der Waals surface area contributed by atoms with Crippen LogP contribution in [0.5, 0.6) is 5.75 Å². The summed E-state index contributed by atoms with van der Waals surface area (Å²) in [6.07, 6.45) is 9.94. The van der Waals surface area contributed by atoms with Crippen molar-refractivity contribution < 1.29 is 9.47 Å². The summed E-state index contributed by atoms with van der Waals surface area (Å²) in [6.45, 7) is 17.3. The fourth-order valence-corrected chi connectivity index (χ4v) is 4.49. The molecule has 206 valence electrons. The molecule has 39 heavy (non-hydrogen) atoms. The lowest BCUT2D eigenvalue weighted by Gasteiger charge is -2.27. The monoisotopic (exact) mass is 527 g/mol. The van der Waals surface area contributed by atoms with Crippen molar-refractivity contribution in [2.75, 3.05) is 57.4 Å². The molecule has 0 amide bonds. The average molecular weight is 528 g/mol. The summed E-state index contributed by atoms with van der Waals surface area (Å²) in [5.41, 5.74) is 9.00. The summed E-state index contributed by atoms with van der Waals surface area (Å²) in [7, 11) is 0. The maximum Gasteiger partial charge on any atom is 0.128 e. The SMILES string of the molecule is C=C(/C=C/c1ccc2cc[nH]c2c1)N/N=C(C)/C=C/c1ccc(N(CC)CC)cc1OCCN1CCOCC1. The molecule has 1 saturated heterocycles. The number of nitrogens with one attached hydrogen (secondary N) is 2. The molecule has 0 aliphatic carbocycles. The van der Waals surface area contributed by atoms with E-state index in [1.807, 2.05) is 31.3 Å². The lowest BCUT2D eigenvalue weighted by atomic mass is 10.1. The zero-order valence-electron chi connectivity index (χ0n) is 23.5. The van der Waals surface area contributed by atoms with E-state index in [1.54, 1.807) is 0 Å². The van der Waals surface area contributed by atoms with Crippen molar-refractivity contribution in [3.05, 3.63) is 84.2 Å². The van der Waals surface area contributed by atoms with Crippen LogP contribution in [0.25, 0.3) is 23.1 Å². The second kappa shape index (κ2) is 14.4. The molecule has 4 rings (SSSR count). The third-order valence-corrected chi connectivity index (χ3v) is 6.83. The van der Waals surface area contributed by atoms with E-state index in [1.165, 1.54) is 11.1 Å². The van der Waals surface area contributed by atoms with Gasteiger partial charge < -0.3 is 19.4 Å². The molecular weight excluding hydrogens is 486 g/mol. The smallest absolute Gasteiger partial charge is 0.128 e. The summed E-state index contributed by atoms with van der Waals surface area (Å²) in [5.74, 6) is 0.885. The van der Waals surface area contributed by atoms with E-state index in [4.69, 9.17) is 9.47 Å². The number of aromatic amines is 1. The van der Waals surface area contributed by atoms with Crippen molar-refractivity contribution in [3.8, 4) is 5.75 Å². The lowest BCUT2D eigenvalue weighted by Crippen LogP contribution is -2.38. The molecule has 0 unspecified atom stereocenters. The van der Waals surface area contributed by atoms with Gasteiger partial charge in [0.2, 0.25) is 0 Å². The predicted octanol–water partition coefficient (Wildman–Crippen LogP) is 5.93. The first-order valence-corrected chi connectivity index (χ1v) is 13.8. The summed E-state index contributed by atoms with van der Waals surface area (Å²) >= 11 is 0. The molecule has 2 heterocycles. The van der Waals surface area contributed by atoms with Crippen molar-refractivity contribution in [1.82, 2.24) is 15.3 Å². The van der Waals surface area contributed by atoms with Crippen molar-refractivity contribution in [1.29, 1.82) is 0 Å². The summed E-state index contributed by atoms with van der Waals surface area (Å²) in [5, 5.41) is 5.67. The standard InChI is InChI=1S/C32H41N5O2/c1-5-37(6-2)30-14-13-29(32(24-30)39-22-19-36-17-20-38-21-18-36)11-8-26(4)35-34-25(3)7-9-27-10-12-28-15-16-33-31(28)23-27/h7-16,23-24,33-34H,3,5-6,17-22H2,1-2,4H3/b9-7+,11-8+,35-26+. The molecule has 1 fully saturated rings. The third kappa shape index (κ3) is 8.34. The van der Waals surface area contributed by atoms with E-state index in [-0.39, 0.29) is 0 Å². The summed E-state index contributed by atoms with van der Waals surface area (Å²) in [6, 6.07) is 14.8. The van der Waals surface area contributed by atoms with Gasteiger partial charge in [-0.3, -0.25) is 10.3 Å². The number of morpholine rings is 1. The first-order chi connectivity index (χ1) is 19.1. The highest BCUT2D eigenvalue weighted by atomic mass is 16.5. The van der Waals surface area contributed by atoms with Crippen LogP contribution in [0.2, 0.25) is 0 Å². The Labute approximate surface area is 232 Å². The third-order valence-electron chi connectivity index (χ3n) is 6.83. The highest BCUT2D eigenvalue weighted by Crippen LogP contribution is 2.27. The van der Waals surface area contributed by atoms with Gasteiger partial charge in [-0.05, 0) is 74.2 Å². The first-order valence-electron chi connectivity index (χ1n) is 13.8. The van der Waals surface area contributed by atoms with Crippen LogP contribution in [-0.4, -0.2) is 68.1 Å². The summed E-state index contributed by atoms with van der Waals surface area (Å²) in [4.78, 5) is 7.95. The molecule has 0 saturated carbocycles. The number of H-pyrrole nitrogens is 1. The number of benzene rings is 2. The fourth-order valence-electron chi connectivity index (χ4n) is 4.49. The molecule has 0 bridgehead atoms. The molecule has 1 aliphatic rings. The Kier molecular flexibility index (Phi) is 10.4. The zero-order valence-corrected chi connectivity index (χ0v) is 23.5. The van der Waals surface area contributed by atoms with Crippen LogP contribution >= 0.6 is 0 Å². The van der Waals surface area contributed by atoms with Crippen LogP contribution in [0, 0.1) is 0 Å². The molecule has 0 atom stereocenters. The van der Waals surface area contributed by atoms with Gasteiger partial charge in [0.1, 0.15) is 12.4 Å². The molecule has 1 aliphatic heterocycles. The van der Waals surface area contributed by atoms with Crippen molar-refractivity contribution in [2.45, 2.75) is 20.8 Å². The number of rotatable bonds is 13. The zero-order chi connectivity index (χ0) is 27.5. The first kappa shape index (κ1) is 28.2. The highest BCUT2D eigenvalue weighted by Gasteiger charge is 2.12. The van der Waals surface area contributed by atoms with Crippen LogP contribution in [0.15, 0.2) is 78.2 Å². The molecule has 3 aromatic rings. The van der Waals surface area contributed by atoms with Gasteiger partial charge in [0, 0.05) is 67.5 Å². The molecule has 2 aromatic carbocycles. The minimum Gasteiger partial charge on any atom is -0.492 e. The van der Waals surface area contributed by atoms with Gasteiger partial charge in [-0.25, -0.2) is 0 Å². The number of nitrogens with zero attached hydrogens (tertiary/aromatic N) is 3. The minimum absolute atomic E-state index is 0.639. The predicted molar refractivity (Wildman–Crippen MR) is 165 cm³/mol. The van der Waals surface area contributed by atoms with E-state index in [9.17, 15) is 0 Å². The quantitative estimate of drug-likeness (QED) is 0.164. The molecular formula is C32H41N5O2. The molecule has 0 spiro atoms. The van der Waals surface area contributed by atoms with E-state index in [0.29, 0.717) is 12.3 Å². The Balaban J connectivity index is 1.38. The number of hydrazone groups is 1. The van der Waals surface area contributed by atoms with E-state index in [0.717, 1.165) is 74.0 Å². The number of hydrogen-bond acceptors (Lipinski definition) is 6. The molecule has 2 N–H and O–H groups in total. The Morgan fingerprint density at radius 2 is 1.92 bits per heavy atom. The van der Waals surface area contributed by atoms with Gasteiger partial charge in [-0.15, -0.1) is 0 Å². The largest absolute Gasteiger partial charge is 0.492 e. The summed E-state index contributed by atoms with van der Waals surface area (Å²) < 4.78 is 11.8. The Bertz CT molecular complexity index is 1310. The van der Waals surface area contributed by atoms with Crippen LogP contribution in [0.1, 0.15) is 31.9 Å². The van der Waals surface area contributed by atoms with Crippen LogP contribution < -0.4 is 15.1 Å². The van der Waals surface area contributed by atoms with E-state index in [2.05, 4.69) is 94.3 Å². The highest BCUT2D eigenvalue weighted by molar-refractivity contribution is 5.96. The maximum absolute atomic E-state index is 6.30. The molecule has 1 aromatic heterocycles. The number of allylic oxidation sites excluding steroid dienone is 2. The van der Waals surface area contributed by atoms with E-state index >= 15 is 0 Å². The Hall–Kier alpha value is -3.81. The van der Waals surface area contributed by atoms with Crippen molar-refractivity contribution in [3.63, 3.8) is 0 Å². The molecule has 7 nitrogen and oxygen atoms in total. The number of fused-ring (bicyclic) bond motifs is 1. The maximum atomic E-state index is 6.30. The number of aromatic nitrogens is 1. The molecule has 7 heteroatoms. The number of ether oxygens (including phenoxy) is 2. The van der Waals surface area contributed by atoms with Gasteiger partial charge >= 0.3 is 0 Å². The molecule has 0 radical (unpaired) electrons. The van der Waals surface area contributed by atoms with Gasteiger partial charge in [0.05, 0.1) is 18.9 Å². The van der Waals surface area contributed by atoms with Gasteiger partial charge in [-0.2, -0.15) is 5.10 Å². The van der Waals surface area contributed by atoms with Gasteiger partial charge in [0.25, 0.3) is 0 Å². The minimum atomic E-state index is 0.639. The van der Waals surface area contributed by atoms with Crippen LogP contribution in [-0.2, 0) is 4.74 Å². The van der Waals surface area contributed by atoms with Gasteiger partial charge in [-0.1, -0.05) is 24.8 Å². The number of anilines is 1. The van der Waals surface area contributed by atoms with Crippen molar-refractivity contribution >= 4 is 34.5 Å². The second-order valence-corrected chi connectivity index (χ2v) is 9.58. The topological polar surface area (TPSA) is 65.1 Å². The second-order valence-electron chi connectivity index (χ2n) is 9.58. The van der Waals surface area contributed by atoms with Crippen LogP contribution in [0.4, 0.5) is 5.69 Å². The fraction of sp³-hybridized carbons (Fsp3) is 0.344. The lowest BCUT2D eigenvalue weighted by molar-refractivity contribution is 0.0322. The average Bonchev–Trinajstić information content (AvgIpc) is 3.44.